The summed E-state index contributed by atoms with van der Waals surface area (Å²) in [5, 5.41) is 11.4. The largest absolute Gasteiger partial charge is 0.481 e. The van der Waals surface area contributed by atoms with E-state index in [9.17, 15) is 9.59 Å². The Morgan fingerprint density at radius 1 is 1.12 bits per heavy atom. The Balaban J connectivity index is 3.86. The minimum absolute atomic E-state index is 0.0849. The summed E-state index contributed by atoms with van der Waals surface area (Å²) in [4.78, 5) is 21.7. The van der Waals surface area contributed by atoms with E-state index in [0.29, 0.717) is 0 Å². The van der Waals surface area contributed by atoms with Crippen molar-refractivity contribution in [2.45, 2.75) is 64.8 Å². The fourth-order valence-corrected chi connectivity index (χ4v) is 1.61. The number of aliphatic carboxylic acids is 1. The van der Waals surface area contributed by atoms with Gasteiger partial charge >= 0.3 is 5.97 Å². The van der Waals surface area contributed by atoms with E-state index >= 15 is 0 Å². The Kier molecular flexibility index (Phi) is 8.58. The molecule has 94 valence electrons. The lowest BCUT2D eigenvalue weighted by molar-refractivity contribution is -0.138. The summed E-state index contributed by atoms with van der Waals surface area (Å²) in [6.45, 7) is 4.21. The molecule has 0 aromatic heterocycles. The molecule has 16 heavy (non-hydrogen) atoms. The first-order valence-corrected chi connectivity index (χ1v) is 6.11. The highest BCUT2D eigenvalue weighted by atomic mass is 16.4. The Labute approximate surface area is 97.4 Å². The SMILES string of the molecule is CCCCC(CCC)NC(=O)CCC(=O)O. The maximum atomic E-state index is 11.4. The van der Waals surface area contributed by atoms with E-state index in [1.54, 1.807) is 0 Å². The van der Waals surface area contributed by atoms with E-state index in [2.05, 4.69) is 19.2 Å². The Morgan fingerprint density at radius 2 is 1.81 bits per heavy atom. The number of carboxylic acid groups (broad SMARTS) is 1. The second kappa shape index (κ2) is 9.19. The lowest BCUT2D eigenvalue weighted by Crippen LogP contribution is -2.34. The van der Waals surface area contributed by atoms with Crippen LogP contribution in [0.15, 0.2) is 0 Å². The van der Waals surface area contributed by atoms with Crippen molar-refractivity contribution in [2.75, 3.05) is 0 Å². The van der Waals surface area contributed by atoms with Crippen LogP contribution in [-0.2, 0) is 9.59 Å². The van der Waals surface area contributed by atoms with Crippen molar-refractivity contribution >= 4 is 11.9 Å². The molecule has 0 aliphatic rings. The molecule has 1 atom stereocenters. The molecular formula is C12H23NO3. The van der Waals surface area contributed by atoms with E-state index in [0.717, 1.165) is 32.1 Å². The minimum Gasteiger partial charge on any atom is -0.481 e. The van der Waals surface area contributed by atoms with Gasteiger partial charge in [-0.25, -0.2) is 0 Å². The van der Waals surface area contributed by atoms with Crippen molar-refractivity contribution in [1.82, 2.24) is 5.32 Å². The van der Waals surface area contributed by atoms with Gasteiger partial charge in [0.25, 0.3) is 0 Å². The van der Waals surface area contributed by atoms with Crippen LogP contribution in [0.4, 0.5) is 0 Å². The van der Waals surface area contributed by atoms with Gasteiger partial charge in [-0.2, -0.15) is 0 Å². The van der Waals surface area contributed by atoms with Gasteiger partial charge in [-0.1, -0.05) is 33.1 Å². The number of carboxylic acids is 1. The summed E-state index contributed by atoms with van der Waals surface area (Å²) in [5.74, 6) is -1.06. The molecule has 0 bridgehead atoms. The third kappa shape index (κ3) is 8.26. The molecule has 0 fully saturated rings. The van der Waals surface area contributed by atoms with E-state index < -0.39 is 5.97 Å². The average molecular weight is 229 g/mol. The number of carbonyl (C=O) groups excluding carboxylic acids is 1. The van der Waals surface area contributed by atoms with Crippen LogP contribution in [0.25, 0.3) is 0 Å². The predicted molar refractivity (Wildman–Crippen MR) is 63.2 cm³/mol. The van der Waals surface area contributed by atoms with Crippen molar-refractivity contribution in [3.63, 3.8) is 0 Å². The smallest absolute Gasteiger partial charge is 0.303 e. The normalized spacial score (nSPS) is 12.1. The zero-order valence-corrected chi connectivity index (χ0v) is 10.3. The summed E-state index contributed by atoms with van der Waals surface area (Å²) in [6, 6.07) is 0.214. The molecule has 0 radical (unpaired) electrons. The molecule has 0 saturated carbocycles. The van der Waals surface area contributed by atoms with Crippen LogP contribution in [0.3, 0.4) is 0 Å². The average Bonchev–Trinajstić information content (AvgIpc) is 2.23. The molecular weight excluding hydrogens is 206 g/mol. The summed E-state index contributed by atoms with van der Waals surface area (Å²) in [6.07, 6.45) is 5.21. The lowest BCUT2D eigenvalue weighted by atomic mass is 10.0. The summed E-state index contributed by atoms with van der Waals surface area (Å²) in [7, 11) is 0. The highest BCUT2D eigenvalue weighted by molar-refractivity contribution is 5.80. The molecule has 4 nitrogen and oxygen atoms in total. The summed E-state index contributed by atoms with van der Waals surface area (Å²) < 4.78 is 0. The number of amides is 1. The highest BCUT2D eigenvalue weighted by Gasteiger charge is 2.11. The van der Waals surface area contributed by atoms with Crippen molar-refractivity contribution in [3.8, 4) is 0 Å². The van der Waals surface area contributed by atoms with Crippen LogP contribution < -0.4 is 5.32 Å². The van der Waals surface area contributed by atoms with Crippen molar-refractivity contribution in [2.24, 2.45) is 0 Å². The first-order chi connectivity index (χ1) is 7.60. The molecule has 0 aliphatic heterocycles. The van der Waals surface area contributed by atoms with Crippen LogP contribution >= 0.6 is 0 Å². The monoisotopic (exact) mass is 229 g/mol. The molecule has 1 unspecified atom stereocenters. The van der Waals surface area contributed by atoms with Crippen LogP contribution in [-0.4, -0.2) is 23.0 Å². The predicted octanol–water partition coefficient (Wildman–Crippen LogP) is 2.33. The van der Waals surface area contributed by atoms with Gasteiger partial charge in [-0.3, -0.25) is 9.59 Å². The molecule has 2 N–H and O–H groups in total. The quantitative estimate of drug-likeness (QED) is 0.637. The van der Waals surface area contributed by atoms with Gasteiger partial charge < -0.3 is 10.4 Å². The van der Waals surface area contributed by atoms with Crippen LogP contribution in [0.5, 0.6) is 0 Å². The topological polar surface area (TPSA) is 66.4 Å². The number of rotatable bonds is 9. The number of unbranched alkanes of at least 4 members (excludes halogenated alkanes) is 1. The first-order valence-electron chi connectivity index (χ1n) is 6.11. The maximum absolute atomic E-state index is 11.4. The molecule has 0 rings (SSSR count). The number of hydrogen-bond acceptors (Lipinski definition) is 2. The van der Waals surface area contributed by atoms with E-state index in [-0.39, 0.29) is 24.8 Å². The molecule has 0 heterocycles. The van der Waals surface area contributed by atoms with Crippen LogP contribution in [0, 0.1) is 0 Å². The molecule has 1 amide bonds. The zero-order valence-electron chi connectivity index (χ0n) is 10.3. The Bertz CT molecular complexity index is 216. The van der Waals surface area contributed by atoms with Gasteiger partial charge in [-0.05, 0) is 12.8 Å². The molecule has 0 saturated heterocycles. The molecule has 0 spiro atoms. The van der Waals surface area contributed by atoms with E-state index in [4.69, 9.17) is 5.11 Å². The second-order valence-electron chi connectivity index (χ2n) is 4.09. The highest BCUT2D eigenvalue weighted by Crippen LogP contribution is 2.07. The zero-order chi connectivity index (χ0) is 12.4. The van der Waals surface area contributed by atoms with Gasteiger partial charge in [0.15, 0.2) is 0 Å². The standard InChI is InChI=1S/C12H23NO3/c1-3-5-7-10(6-4-2)13-11(14)8-9-12(15)16/h10H,3-9H2,1-2H3,(H,13,14)(H,15,16). The first kappa shape index (κ1) is 14.9. The van der Waals surface area contributed by atoms with Gasteiger partial charge in [-0.15, -0.1) is 0 Å². The molecule has 4 heteroatoms. The van der Waals surface area contributed by atoms with Gasteiger partial charge in [0.05, 0.1) is 6.42 Å². The summed E-state index contributed by atoms with van der Waals surface area (Å²) in [5.41, 5.74) is 0. The van der Waals surface area contributed by atoms with E-state index in [1.165, 1.54) is 0 Å². The van der Waals surface area contributed by atoms with Gasteiger partial charge in [0.2, 0.25) is 5.91 Å². The van der Waals surface area contributed by atoms with Crippen molar-refractivity contribution in [1.29, 1.82) is 0 Å². The molecule has 0 aromatic rings. The fraction of sp³-hybridized carbons (Fsp3) is 0.833. The number of hydrogen-bond donors (Lipinski definition) is 2. The fourth-order valence-electron chi connectivity index (χ4n) is 1.61. The number of carbonyl (C=O) groups is 2. The second-order valence-corrected chi connectivity index (χ2v) is 4.09. The van der Waals surface area contributed by atoms with Crippen molar-refractivity contribution < 1.29 is 14.7 Å². The lowest BCUT2D eigenvalue weighted by Gasteiger charge is -2.17. The Hall–Kier alpha value is -1.06. The van der Waals surface area contributed by atoms with Crippen molar-refractivity contribution in [3.05, 3.63) is 0 Å². The van der Waals surface area contributed by atoms with Crippen LogP contribution in [0.1, 0.15) is 58.8 Å². The van der Waals surface area contributed by atoms with Gasteiger partial charge in [0, 0.05) is 12.5 Å². The van der Waals surface area contributed by atoms with Gasteiger partial charge in [0.1, 0.15) is 0 Å². The third-order valence-electron chi connectivity index (χ3n) is 2.47. The Morgan fingerprint density at radius 3 is 2.31 bits per heavy atom. The maximum Gasteiger partial charge on any atom is 0.303 e. The van der Waals surface area contributed by atoms with E-state index in [1.807, 2.05) is 0 Å². The third-order valence-corrected chi connectivity index (χ3v) is 2.47. The summed E-state index contributed by atoms with van der Waals surface area (Å²) >= 11 is 0. The number of nitrogens with one attached hydrogen (secondary N) is 1. The molecule has 0 aromatic carbocycles. The molecule has 0 aliphatic carbocycles. The minimum atomic E-state index is -0.921. The van der Waals surface area contributed by atoms with Crippen LogP contribution in [0.2, 0.25) is 0 Å².